The van der Waals surface area contributed by atoms with Gasteiger partial charge in [0.1, 0.15) is 17.5 Å². The number of aryl methyl sites for hydroxylation is 1. The molecule has 0 aromatic carbocycles. The van der Waals surface area contributed by atoms with Gasteiger partial charge in [-0.25, -0.2) is 14.6 Å². The van der Waals surface area contributed by atoms with Gasteiger partial charge in [-0.1, -0.05) is 11.8 Å². The van der Waals surface area contributed by atoms with Gasteiger partial charge in [0.15, 0.2) is 0 Å². The summed E-state index contributed by atoms with van der Waals surface area (Å²) in [7, 11) is 1.28. The highest BCUT2D eigenvalue weighted by Crippen LogP contribution is 2.15. The van der Waals surface area contributed by atoms with E-state index in [0.717, 1.165) is 5.82 Å². The minimum Gasteiger partial charge on any atom is -0.467 e. The highest BCUT2D eigenvalue weighted by molar-refractivity contribution is 7.99. The number of nitrogens with one attached hydrogen (secondary N) is 2. The van der Waals surface area contributed by atoms with Crippen molar-refractivity contribution in [1.82, 2.24) is 20.5 Å². The molecule has 1 aromatic rings. The topological polar surface area (TPSA) is 106 Å². The van der Waals surface area contributed by atoms with Crippen LogP contribution in [0.3, 0.4) is 0 Å². The molecule has 1 heterocycles. The summed E-state index contributed by atoms with van der Waals surface area (Å²) in [6.45, 7) is 7.06. The van der Waals surface area contributed by atoms with Crippen molar-refractivity contribution in [2.24, 2.45) is 0 Å². The SMILES string of the molecule is COC(=O)C(CCSc1n[nH]c(C)n1)NC(=O)OC(C)(C)C. The predicted molar refractivity (Wildman–Crippen MR) is 81.6 cm³/mol. The number of amides is 1. The molecule has 8 nitrogen and oxygen atoms in total. The molecular formula is C13H22N4O4S. The highest BCUT2D eigenvalue weighted by atomic mass is 32.2. The van der Waals surface area contributed by atoms with Gasteiger partial charge in [-0.05, 0) is 34.1 Å². The summed E-state index contributed by atoms with van der Waals surface area (Å²) in [5.41, 5.74) is -0.629. The summed E-state index contributed by atoms with van der Waals surface area (Å²) in [5.74, 6) is 0.754. The molecule has 1 aromatic heterocycles. The first-order valence-corrected chi connectivity index (χ1v) is 7.79. The summed E-state index contributed by atoms with van der Waals surface area (Å²) >= 11 is 1.38. The quantitative estimate of drug-likeness (QED) is 0.603. The van der Waals surface area contributed by atoms with Crippen LogP contribution >= 0.6 is 11.8 Å². The van der Waals surface area contributed by atoms with Gasteiger partial charge in [0, 0.05) is 5.75 Å². The molecule has 0 saturated carbocycles. The number of alkyl carbamates (subject to hydrolysis) is 1. The van der Waals surface area contributed by atoms with Gasteiger partial charge in [-0.3, -0.25) is 5.10 Å². The van der Waals surface area contributed by atoms with Gasteiger partial charge < -0.3 is 14.8 Å². The lowest BCUT2D eigenvalue weighted by Gasteiger charge is -2.22. The Morgan fingerprint density at radius 1 is 1.41 bits per heavy atom. The molecule has 0 bridgehead atoms. The van der Waals surface area contributed by atoms with E-state index in [4.69, 9.17) is 9.47 Å². The minimum absolute atomic E-state index is 0.379. The summed E-state index contributed by atoms with van der Waals surface area (Å²) in [6.07, 6.45) is -0.272. The number of aromatic amines is 1. The van der Waals surface area contributed by atoms with Gasteiger partial charge in [0.05, 0.1) is 7.11 Å². The normalized spacial score (nSPS) is 12.6. The molecule has 9 heteroatoms. The number of aromatic nitrogens is 3. The van der Waals surface area contributed by atoms with Crippen molar-refractivity contribution in [2.45, 2.75) is 50.9 Å². The predicted octanol–water partition coefficient (Wildman–Crippen LogP) is 1.66. The van der Waals surface area contributed by atoms with Crippen LogP contribution in [0, 0.1) is 6.92 Å². The van der Waals surface area contributed by atoms with Crippen LogP contribution in [0.15, 0.2) is 5.16 Å². The van der Waals surface area contributed by atoms with Crippen LogP contribution in [0.5, 0.6) is 0 Å². The van der Waals surface area contributed by atoms with Crippen molar-refractivity contribution in [2.75, 3.05) is 12.9 Å². The molecule has 0 fully saturated rings. The van der Waals surface area contributed by atoms with Crippen LogP contribution in [0.2, 0.25) is 0 Å². The van der Waals surface area contributed by atoms with E-state index in [1.165, 1.54) is 18.9 Å². The van der Waals surface area contributed by atoms with Crippen molar-refractivity contribution in [3.63, 3.8) is 0 Å². The van der Waals surface area contributed by atoms with Gasteiger partial charge in [0.2, 0.25) is 5.16 Å². The lowest BCUT2D eigenvalue weighted by molar-refractivity contribution is -0.143. The largest absolute Gasteiger partial charge is 0.467 e. The number of nitrogens with zero attached hydrogens (tertiary/aromatic N) is 2. The Morgan fingerprint density at radius 3 is 2.59 bits per heavy atom. The van der Waals surface area contributed by atoms with E-state index in [9.17, 15) is 9.59 Å². The lowest BCUT2D eigenvalue weighted by atomic mass is 10.2. The molecular weight excluding hydrogens is 308 g/mol. The third kappa shape index (κ3) is 6.79. The van der Waals surface area contributed by atoms with Gasteiger partial charge in [-0.2, -0.15) is 0 Å². The van der Waals surface area contributed by atoms with Crippen molar-refractivity contribution in [1.29, 1.82) is 0 Å². The highest BCUT2D eigenvalue weighted by Gasteiger charge is 2.24. The second-order valence-electron chi connectivity index (χ2n) is 5.56. The monoisotopic (exact) mass is 330 g/mol. The smallest absolute Gasteiger partial charge is 0.408 e. The Balaban J connectivity index is 2.50. The number of hydrogen-bond donors (Lipinski definition) is 2. The van der Waals surface area contributed by atoms with Crippen LogP contribution in [0.1, 0.15) is 33.0 Å². The second kappa shape index (κ2) is 8.02. The molecule has 22 heavy (non-hydrogen) atoms. The van der Waals surface area contributed by atoms with E-state index in [2.05, 4.69) is 20.5 Å². The van der Waals surface area contributed by atoms with E-state index in [1.807, 2.05) is 0 Å². The average Bonchev–Trinajstić information content (AvgIpc) is 2.80. The van der Waals surface area contributed by atoms with Crippen LogP contribution in [0.4, 0.5) is 4.79 Å². The first-order chi connectivity index (χ1) is 10.2. The fraction of sp³-hybridized carbons (Fsp3) is 0.692. The Labute approximate surface area is 133 Å². The molecule has 0 saturated heterocycles. The van der Waals surface area contributed by atoms with Crippen LogP contribution in [0.25, 0.3) is 0 Å². The number of ether oxygens (including phenoxy) is 2. The van der Waals surface area contributed by atoms with Gasteiger partial charge in [0.25, 0.3) is 0 Å². The second-order valence-corrected chi connectivity index (χ2v) is 6.62. The van der Waals surface area contributed by atoms with Crippen LogP contribution < -0.4 is 5.32 Å². The minimum atomic E-state index is -0.771. The van der Waals surface area contributed by atoms with Crippen LogP contribution in [-0.4, -0.2) is 51.7 Å². The maximum Gasteiger partial charge on any atom is 0.408 e. The van der Waals surface area contributed by atoms with Crippen molar-refractivity contribution in [3.05, 3.63) is 5.82 Å². The molecule has 1 rings (SSSR count). The maximum absolute atomic E-state index is 11.7. The first-order valence-electron chi connectivity index (χ1n) is 6.80. The van der Waals surface area contributed by atoms with E-state index in [-0.39, 0.29) is 0 Å². The Bertz CT molecular complexity index is 512. The molecule has 1 amide bonds. The molecule has 0 radical (unpaired) electrons. The van der Waals surface area contributed by atoms with E-state index in [1.54, 1.807) is 27.7 Å². The number of hydrogen-bond acceptors (Lipinski definition) is 7. The number of rotatable bonds is 6. The third-order valence-electron chi connectivity index (χ3n) is 2.39. The zero-order valence-corrected chi connectivity index (χ0v) is 14.2. The van der Waals surface area contributed by atoms with Crippen molar-refractivity contribution < 1.29 is 19.1 Å². The van der Waals surface area contributed by atoms with E-state index >= 15 is 0 Å². The first kappa shape index (κ1) is 18.3. The summed E-state index contributed by atoms with van der Waals surface area (Å²) < 4.78 is 9.83. The number of carbonyl (C=O) groups excluding carboxylic acids is 2. The fourth-order valence-electron chi connectivity index (χ4n) is 1.50. The molecule has 1 unspecified atom stereocenters. The number of methoxy groups -OCH3 is 1. The summed E-state index contributed by atoms with van der Waals surface area (Å²) in [5, 5.41) is 9.83. The molecule has 2 N–H and O–H groups in total. The maximum atomic E-state index is 11.7. The summed E-state index contributed by atoms with van der Waals surface area (Å²) in [6, 6.07) is -0.771. The molecule has 124 valence electrons. The fourth-order valence-corrected chi connectivity index (χ4v) is 2.34. The Kier molecular flexibility index (Phi) is 6.66. The van der Waals surface area contributed by atoms with E-state index < -0.39 is 23.7 Å². The number of carbonyl (C=O) groups is 2. The lowest BCUT2D eigenvalue weighted by Crippen LogP contribution is -2.44. The average molecular weight is 330 g/mol. The zero-order valence-electron chi connectivity index (χ0n) is 13.4. The molecule has 0 spiro atoms. The molecule has 0 aliphatic heterocycles. The molecule has 0 aliphatic carbocycles. The number of H-pyrrole nitrogens is 1. The standard InChI is InChI=1S/C13H22N4O4S/c1-8-14-11(17-16-8)22-7-6-9(10(18)20-5)15-12(19)21-13(2,3)4/h9H,6-7H2,1-5H3,(H,15,19)(H,14,16,17). The van der Waals surface area contributed by atoms with Gasteiger partial charge >= 0.3 is 12.1 Å². The van der Waals surface area contributed by atoms with Gasteiger partial charge in [-0.15, -0.1) is 5.10 Å². The van der Waals surface area contributed by atoms with Crippen molar-refractivity contribution >= 4 is 23.8 Å². The zero-order chi connectivity index (χ0) is 16.8. The summed E-state index contributed by atoms with van der Waals surface area (Å²) in [4.78, 5) is 27.6. The van der Waals surface area contributed by atoms with Crippen LogP contribution in [-0.2, 0) is 14.3 Å². The Morgan fingerprint density at radius 2 is 2.09 bits per heavy atom. The molecule has 1 atom stereocenters. The van der Waals surface area contributed by atoms with E-state index in [0.29, 0.717) is 17.3 Å². The molecule has 0 aliphatic rings. The third-order valence-corrected chi connectivity index (χ3v) is 3.27. The number of thioether (sulfide) groups is 1. The Hall–Kier alpha value is -1.77. The number of esters is 1. The van der Waals surface area contributed by atoms with Crippen molar-refractivity contribution in [3.8, 4) is 0 Å².